The number of halogens is 1. The van der Waals surface area contributed by atoms with Crippen molar-refractivity contribution >= 4 is 45.0 Å². The van der Waals surface area contributed by atoms with Crippen molar-refractivity contribution in [1.29, 1.82) is 0 Å². The number of hydrogen-bond acceptors (Lipinski definition) is 5. The summed E-state index contributed by atoms with van der Waals surface area (Å²) in [5.74, 6) is 1.16. The van der Waals surface area contributed by atoms with Crippen LogP contribution in [0.15, 0.2) is 71.5 Å². The van der Waals surface area contributed by atoms with Gasteiger partial charge in [-0.2, -0.15) is 0 Å². The summed E-state index contributed by atoms with van der Waals surface area (Å²) in [5, 5.41) is 0.651. The highest BCUT2D eigenvalue weighted by Crippen LogP contribution is 2.32. The zero-order valence-corrected chi connectivity index (χ0v) is 18.1. The van der Waals surface area contributed by atoms with E-state index in [1.54, 1.807) is 11.5 Å². The van der Waals surface area contributed by atoms with Gasteiger partial charge in [-0.05, 0) is 42.0 Å². The highest BCUT2D eigenvalue weighted by Gasteiger charge is 2.13. The number of rotatable bonds is 5. The van der Waals surface area contributed by atoms with Crippen LogP contribution in [0.1, 0.15) is 11.1 Å². The molecule has 0 saturated heterocycles. The third-order valence-electron chi connectivity index (χ3n) is 4.93. The number of aromatic nitrogens is 2. The summed E-state index contributed by atoms with van der Waals surface area (Å²) >= 11 is 7.44. The fourth-order valence-electron chi connectivity index (χ4n) is 3.50. The lowest BCUT2D eigenvalue weighted by Crippen LogP contribution is -2.22. The Kier molecular flexibility index (Phi) is 5.10. The smallest absolute Gasteiger partial charge is 0.274 e. The molecule has 0 amide bonds. The van der Waals surface area contributed by atoms with Gasteiger partial charge in [0.2, 0.25) is 0 Å². The van der Waals surface area contributed by atoms with E-state index in [4.69, 9.17) is 21.1 Å². The van der Waals surface area contributed by atoms with Crippen molar-refractivity contribution in [3.63, 3.8) is 0 Å². The molecule has 5 nitrogen and oxygen atoms in total. The number of nitrogens with zero attached hydrogens (tertiary/aromatic N) is 2. The van der Waals surface area contributed by atoms with Gasteiger partial charge in [0.25, 0.3) is 5.56 Å². The Morgan fingerprint density at radius 3 is 2.77 bits per heavy atom. The molecule has 0 atom stereocenters. The van der Waals surface area contributed by atoms with Crippen molar-refractivity contribution in [2.45, 2.75) is 6.61 Å². The van der Waals surface area contributed by atoms with Crippen LogP contribution in [-0.2, 0) is 6.61 Å². The summed E-state index contributed by atoms with van der Waals surface area (Å²) in [6.07, 6.45) is 1.83. The molecule has 7 heteroatoms. The summed E-state index contributed by atoms with van der Waals surface area (Å²) in [6.45, 7) is 0.324. The zero-order valence-electron chi connectivity index (χ0n) is 16.5. The van der Waals surface area contributed by atoms with Gasteiger partial charge in [0, 0.05) is 10.6 Å². The first-order chi connectivity index (χ1) is 15.1. The van der Waals surface area contributed by atoms with Gasteiger partial charge in [-0.25, -0.2) is 9.38 Å². The Morgan fingerprint density at radius 1 is 1.10 bits per heavy atom. The van der Waals surface area contributed by atoms with E-state index in [0.29, 0.717) is 32.6 Å². The largest absolute Gasteiger partial charge is 0.493 e. The molecule has 0 aliphatic carbocycles. The van der Waals surface area contributed by atoms with Crippen LogP contribution in [0.3, 0.4) is 0 Å². The number of fused-ring (bicyclic) bond motifs is 3. The molecule has 5 rings (SSSR count). The maximum atomic E-state index is 13.1. The normalized spacial score (nSPS) is 12.0. The zero-order chi connectivity index (χ0) is 21.4. The maximum absolute atomic E-state index is 13.1. The van der Waals surface area contributed by atoms with Gasteiger partial charge < -0.3 is 9.47 Å². The van der Waals surface area contributed by atoms with Crippen LogP contribution in [0.25, 0.3) is 22.1 Å². The first-order valence-electron chi connectivity index (χ1n) is 9.60. The van der Waals surface area contributed by atoms with E-state index in [-0.39, 0.29) is 5.56 Å². The van der Waals surface area contributed by atoms with E-state index in [1.807, 2.05) is 72.8 Å². The number of methoxy groups -OCH3 is 1. The second-order valence-electron chi connectivity index (χ2n) is 6.93. The Morgan fingerprint density at radius 2 is 1.94 bits per heavy atom. The van der Waals surface area contributed by atoms with Crippen molar-refractivity contribution in [3.05, 3.63) is 97.8 Å². The number of benzene rings is 3. The Labute approximate surface area is 186 Å². The van der Waals surface area contributed by atoms with E-state index >= 15 is 0 Å². The minimum atomic E-state index is -0.0997. The molecule has 0 fully saturated rings. The number of thiazole rings is 1. The predicted octanol–water partition coefficient (Wildman–Crippen LogP) is 4.70. The van der Waals surface area contributed by atoms with Crippen molar-refractivity contribution in [3.8, 4) is 11.5 Å². The standard InChI is InChI=1S/C24H17ClN2O3S/c1-29-20-11-5-7-16(22(20)30-14-15-6-4-8-17(25)12-15)13-21-23(28)27-19-10-3-2-9-18(19)26-24(27)31-21/h2-13H,14H2,1H3. The van der Waals surface area contributed by atoms with Crippen molar-refractivity contribution in [2.75, 3.05) is 7.11 Å². The van der Waals surface area contributed by atoms with Gasteiger partial charge in [-0.3, -0.25) is 4.79 Å². The van der Waals surface area contributed by atoms with E-state index in [1.165, 1.54) is 11.3 Å². The molecule has 2 heterocycles. The fourth-order valence-corrected chi connectivity index (χ4v) is 4.69. The molecule has 2 aromatic heterocycles. The quantitative estimate of drug-likeness (QED) is 0.391. The van der Waals surface area contributed by atoms with Gasteiger partial charge in [0.05, 0.1) is 22.7 Å². The summed E-state index contributed by atoms with van der Waals surface area (Å²) < 4.78 is 13.8. The highest BCUT2D eigenvalue weighted by molar-refractivity contribution is 7.15. The molecule has 0 unspecified atom stereocenters. The Balaban J connectivity index is 1.59. The number of imidazole rings is 1. The maximum Gasteiger partial charge on any atom is 0.274 e. The molecule has 0 N–H and O–H groups in total. The minimum absolute atomic E-state index is 0.0997. The predicted molar refractivity (Wildman–Crippen MR) is 124 cm³/mol. The highest BCUT2D eigenvalue weighted by atomic mass is 35.5. The third kappa shape index (κ3) is 3.65. The average molecular weight is 449 g/mol. The summed E-state index contributed by atoms with van der Waals surface area (Å²) in [4.78, 5) is 18.3. The first kappa shape index (κ1) is 19.6. The molecule has 154 valence electrons. The summed E-state index contributed by atoms with van der Waals surface area (Å²) in [6, 6.07) is 20.7. The van der Waals surface area contributed by atoms with Gasteiger partial charge >= 0.3 is 0 Å². The average Bonchev–Trinajstić information content (AvgIpc) is 3.29. The van der Waals surface area contributed by atoms with Gasteiger partial charge in [-0.15, -0.1) is 0 Å². The van der Waals surface area contributed by atoms with Gasteiger partial charge in [0.1, 0.15) is 6.61 Å². The molecule has 0 bridgehead atoms. The summed E-state index contributed by atoms with van der Waals surface area (Å²) in [5.41, 5.74) is 3.21. The molecule has 0 spiro atoms. The van der Waals surface area contributed by atoms with Crippen LogP contribution in [0.2, 0.25) is 5.02 Å². The Bertz CT molecular complexity index is 1520. The van der Waals surface area contributed by atoms with Crippen LogP contribution in [-0.4, -0.2) is 16.5 Å². The second-order valence-corrected chi connectivity index (χ2v) is 8.38. The Hall–Kier alpha value is -3.35. The minimum Gasteiger partial charge on any atom is -0.493 e. The molecule has 0 saturated carbocycles. The first-order valence-corrected chi connectivity index (χ1v) is 10.8. The van der Waals surface area contributed by atoms with Crippen molar-refractivity contribution in [2.24, 2.45) is 0 Å². The molecular weight excluding hydrogens is 432 g/mol. The van der Waals surface area contributed by atoms with E-state index < -0.39 is 0 Å². The van der Waals surface area contributed by atoms with Crippen LogP contribution in [0, 0.1) is 0 Å². The SMILES string of the molecule is COc1cccc(C=c2sc3nc4ccccc4n3c2=O)c1OCc1cccc(Cl)c1. The lowest BCUT2D eigenvalue weighted by atomic mass is 10.1. The number of ether oxygens (including phenoxy) is 2. The van der Waals surface area contributed by atoms with Crippen LogP contribution < -0.4 is 19.6 Å². The molecule has 31 heavy (non-hydrogen) atoms. The van der Waals surface area contributed by atoms with Gasteiger partial charge in [0.15, 0.2) is 16.5 Å². The van der Waals surface area contributed by atoms with E-state index in [2.05, 4.69) is 4.98 Å². The van der Waals surface area contributed by atoms with Crippen LogP contribution >= 0.6 is 22.9 Å². The number of para-hydroxylation sites is 3. The molecule has 3 aromatic carbocycles. The second kappa shape index (κ2) is 8.06. The monoisotopic (exact) mass is 448 g/mol. The van der Waals surface area contributed by atoms with Crippen molar-refractivity contribution < 1.29 is 9.47 Å². The lowest BCUT2D eigenvalue weighted by Gasteiger charge is -2.13. The summed E-state index contributed by atoms with van der Waals surface area (Å²) in [7, 11) is 1.59. The molecule has 0 aliphatic rings. The van der Waals surface area contributed by atoms with Crippen molar-refractivity contribution in [1.82, 2.24) is 9.38 Å². The lowest BCUT2D eigenvalue weighted by molar-refractivity contribution is 0.284. The van der Waals surface area contributed by atoms with E-state index in [9.17, 15) is 4.79 Å². The van der Waals surface area contributed by atoms with Crippen LogP contribution in [0.4, 0.5) is 0 Å². The van der Waals surface area contributed by atoms with E-state index in [0.717, 1.165) is 22.2 Å². The molecule has 0 radical (unpaired) electrons. The number of hydrogen-bond donors (Lipinski definition) is 0. The molecular formula is C24H17ClN2O3S. The molecule has 5 aromatic rings. The fraction of sp³-hybridized carbons (Fsp3) is 0.0833. The van der Waals surface area contributed by atoms with Crippen LogP contribution in [0.5, 0.6) is 11.5 Å². The van der Waals surface area contributed by atoms with Gasteiger partial charge in [-0.1, -0.05) is 59.3 Å². The topological polar surface area (TPSA) is 52.8 Å². The third-order valence-corrected chi connectivity index (χ3v) is 6.14. The molecule has 0 aliphatic heterocycles.